The van der Waals surface area contributed by atoms with Crippen LogP contribution in [0.25, 0.3) is 0 Å². The largest absolute Gasteiger partial charge is 0.477 e. The van der Waals surface area contributed by atoms with E-state index >= 15 is 0 Å². The second-order valence-electron chi connectivity index (χ2n) is 5.21. The van der Waals surface area contributed by atoms with E-state index in [-0.39, 0.29) is 16.7 Å². The number of halogens is 2. The summed E-state index contributed by atoms with van der Waals surface area (Å²) in [5.41, 5.74) is -0.377. The van der Waals surface area contributed by atoms with Crippen molar-refractivity contribution in [3.63, 3.8) is 0 Å². The van der Waals surface area contributed by atoms with E-state index in [2.05, 4.69) is 0 Å². The summed E-state index contributed by atoms with van der Waals surface area (Å²) in [5, 5.41) is 8.31. The molecule has 0 amide bonds. The SMILES string of the molecule is CC1(C)C(CC(F)(F)C(=O)O)C1(C)C. The van der Waals surface area contributed by atoms with Gasteiger partial charge in [0.05, 0.1) is 0 Å². The molecule has 0 radical (unpaired) electrons. The molecule has 1 aliphatic rings. The lowest BCUT2D eigenvalue weighted by Gasteiger charge is -2.11. The third-order valence-electron chi connectivity index (χ3n) is 4.09. The van der Waals surface area contributed by atoms with Crippen molar-refractivity contribution >= 4 is 5.97 Å². The average molecular weight is 206 g/mol. The van der Waals surface area contributed by atoms with Gasteiger partial charge in [-0.3, -0.25) is 0 Å². The standard InChI is InChI=1S/C10H16F2O2/c1-8(2)6(9(8,3)4)5-10(11,12)7(13)14/h6H,5H2,1-4H3,(H,13,14). The zero-order valence-corrected chi connectivity index (χ0v) is 8.90. The summed E-state index contributed by atoms with van der Waals surface area (Å²) < 4.78 is 25.8. The highest BCUT2D eigenvalue weighted by Gasteiger charge is 2.67. The topological polar surface area (TPSA) is 37.3 Å². The molecule has 1 saturated carbocycles. The summed E-state index contributed by atoms with van der Waals surface area (Å²) in [6.45, 7) is 7.59. The molecule has 0 spiro atoms. The monoisotopic (exact) mass is 206 g/mol. The second-order valence-corrected chi connectivity index (χ2v) is 5.21. The summed E-state index contributed by atoms with van der Waals surface area (Å²) >= 11 is 0. The molecule has 1 rings (SSSR count). The van der Waals surface area contributed by atoms with Crippen molar-refractivity contribution < 1.29 is 18.7 Å². The van der Waals surface area contributed by atoms with Crippen LogP contribution in [0.4, 0.5) is 8.78 Å². The Morgan fingerprint density at radius 3 is 1.86 bits per heavy atom. The molecule has 0 aromatic carbocycles. The number of rotatable bonds is 3. The summed E-state index contributed by atoms with van der Waals surface area (Å²) in [7, 11) is 0. The summed E-state index contributed by atoms with van der Waals surface area (Å²) in [5.74, 6) is -5.83. The predicted octanol–water partition coefficient (Wildman–Crippen LogP) is 2.78. The molecule has 0 bridgehead atoms. The van der Waals surface area contributed by atoms with E-state index < -0.39 is 18.3 Å². The number of hydrogen-bond acceptors (Lipinski definition) is 1. The van der Waals surface area contributed by atoms with Crippen LogP contribution in [0.5, 0.6) is 0 Å². The minimum Gasteiger partial charge on any atom is -0.477 e. The number of carbonyl (C=O) groups is 1. The van der Waals surface area contributed by atoms with Gasteiger partial charge in [-0.25, -0.2) is 4.79 Å². The van der Waals surface area contributed by atoms with E-state index in [1.165, 1.54) is 0 Å². The van der Waals surface area contributed by atoms with E-state index in [0.717, 1.165) is 0 Å². The van der Waals surface area contributed by atoms with E-state index in [0.29, 0.717) is 0 Å². The van der Waals surface area contributed by atoms with Crippen LogP contribution in [0.2, 0.25) is 0 Å². The van der Waals surface area contributed by atoms with Gasteiger partial charge in [0.25, 0.3) is 0 Å². The van der Waals surface area contributed by atoms with Gasteiger partial charge >= 0.3 is 11.9 Å². The van der Waals surface area contributed by atoms with Gasteiger partial charge in [-0.1, -0.05) is 27.7 Å². The van der Waals surface area contributed by atoms with Gasteiger partial charge in [-0.05, 0) is 16.7 Å². The van der Waals surface area contributed by atoms with Gasteiger partial charge in [0.15, 0.2) is 0 Å². The Morgan fingerprint density at radius 2 is 1.64 bits per heavy atom. The van der Waals surface area contributed by atoms with Crippen LogP contribution in [-0.4, -0.2) is 17.0 Å². The quantitative estimate of drug-likeness (QED) is 0.770. The molecular formula is C10H16F2O2. The van der Waals surface area contributed by atoms with Crippen LogP contribution >= 0.6 is 0 Å². The smallest absolute Gasteiger partial charge is 0.374 e. The van der Waals surface area contributed by atoms with Crippen LogP contribution in [0, 0.1) is 16.7 Å². The molecule has 14 heavy (non-hydrogen) atoms. The molecule has 1 fully saturated rings. The molecule has 0 atom stereocenters. The highest BCUT2D eigenvalue weighted by molar-refractivity contribution is 5.75. The van der Waals surface area contributed by atoms with Crippen molar-refractivity contribution in [1.29, 1.82) is 0 Å². The first-order chi connectivity index (χ1) is 6.03. The molecule has 1 aliphatic carbocycles. The number of carboxylic acids is 1. The highest BCUT2D eigenvalue weighted by atomic mass is 19.3. The first kappa shape index (κ1) is 11.4. The Hall–Kier alpha value is -0.670. The third-order valence-corrected chi connectivity index (χ3v) is 4.09. The minimum atomic E-state index is -3.59. The molecule has 0 heterocycles. The van der Waals surface area contributed by atoms with Gasteiger partial charge in [0.2, 0.25) is 0 Å². The molecule has 0 unspecified atom stereocenters. The van der Waals surface area contributed by atoms with Crippen molar-refractivity contribution in [2.24, 2.45) is 16.7 Å². The lowest BCUT2D eigenvalue weighted by Crippen LogP contribution is -2.29. The maximum absolute atomic E-state index is 12.9. The maximum atomic E-state index is 12.9. The molecular weight excluding hydrogens is 190 g/mol. The fourth-order valence-corrected chi connectivity index (χ4v) is 2.19. The van der Waals surface area contributed by atoms with Crippen LogP contribution in [0.15, 0.2) is 0 Å². The van der Waals surface area contributed by atoms with Gasteiger partial charge in [-0.2, -0.15) is 8.78 Å². The van der Waals surface area contributed by atoms with Gasteiger partial charge in [-0.15, -0.1) is 0 Å². The van der Waals surface area contributed by atoms with Crippen molar-refractivity contribution in [3.8, 4) is 0 Å². The molecule has 0 aromatic rings. The summed E-state index contributed by atoms with van der Waals surface area (Å²) in [6.07, 6.45) is -0.553. The van der Waals surface area contributed by atoms with Crippen molar-refractivity contribution in [2.75, 3.05) is 0 Å². The number of alkyl halides is 2. The van der Waals surface area contributed by atoms with E-state index in [1.54, 1.807) is 0 Å². The molecule has 0 aromatic heterocycles. The molecule has 2 nitrogen and oxygen atoms in total. The van der Waals surface area contributed by atoms with Crippen LogP contribution < -0.4 is 0 Å². The van der Waals surface area contributed by atoms with Gasteiger partial charge in [0, 0.05) is 6.42 Å². The number of aliphatic carboxylic acids is 1. The summed E-state index contributed by atoms with van der Waals surface area (Å²) in [6, 6.07) is 0. The number of carboxylic acid groups (broad SMARTS) is 1. The zero-order valence-electron chi connectivity index (χ0n) is 8.90. The Kier molecular flexibility index (Phi) is 2.18. The van der Waals surface area contributed by atoms with Gasteiger partial charge < -0.3 is 5.11 Å². The Labute approximate surface area is 82.3 Å². The molecule has 0 saturated heterocycles. The number of hydrogen-bond donors (Lipinski definition) is 1. The lowest BCUT2D eigenvalue weighted by molar-refractivity contribution is -0.166. The molecule has 4 heteroatoms. The third kappa shape index (κ3) is 1.41. The van der Waals surface area contributed by atoms with Crippen molar-refractivity contribution in [1.82, 2.24) is 0 Å². The van der Waals surface area contributed by atoms with E-state index in [9.17, 15) is 13.6 Å². The van der Waals surface area contributed by atoms with Crippen LogP contribution in [-0.2, 0) is 4.79 Å². The molecule has 82 valence electrons. The highest BCUT2D eigenvalue weighted by Crippen LogP contribution is 2.70. The first-order valence-electron chi connectivity index (χ1n) is 4.64. The Balaban J connectivity index is 2.70. The second kappa shape index (κ2) is 2.67. The van der Waals surface area contributed by atoms with E-state index in [1.807, 2.05) is 27.7 Å². The summed E-state index contributed by atoms with van der Waals surface area (Å²) in [4.78, 5) is 10.3. The van der Waals surface area contributed by atoms with Crippen molar-refractivity contribution in [3.05, 3.63) is 0 Å². The van der Waals surface area contributed by atoms with Crippen LogP contribution in [0.1, 0.15) is 34.1 Å². The first-order valence-corrected chi connectivity index (χ1v) is 4.64. The fourth-order valence-electron chi connectivity index (χ4n) is 2.19. The van der Waals surface area contributed by atoms with E-state index in [4.69, 9.17) is 5.11 Å². The normalized spacial score (nSPS) is 24.7. The lowest BCUT2D eigenvalue weighted by atomic mass is 10.0. The fraction of sp³-hybridized carbons (Fsp3) is 0.900. The molecule has 1 N–H and O–H groups in total. The van der Waals surface area contributed by atoms with Crippen molar-refractivity contribution in [2.45, 2.75) is 40.0 Å². The zero-order chi connectivity index (χ0) is 11.4. The van der Waals surface area contributed by atoms with Crippen LogP contribution in [0.3, 0.4) is 0 Å². The van der Waals surface area contributed by atoms with Gasteiger partial charge in [0.1, 0.15) is 0 Å². The minimum absolute atomic E-state index is 0.189. The Morgan fingerprint density at radius 1 is 1.29 bits per heavy atom. The average Bonchev–Trinajstić information content (AvgIpc) is 2.32. The Bertz CT molecular complexity index is 255. The molecule has 0 aliphatic heterocycles. The maximum Gasteiger partial charge on any atom is 0.374 e. The predicted molar refractivity (Wildman–Crippen MR) is 48.3 cm³/mol.